The lowest BCUT2D eigenvalue weighted by Crippen LogP contribution is -2.52. The number of hydrogen-bond acceptors (Lipinski definition) is 7. The highest BCUT2D eigenvalue weighted by Crippen LogP contribution is 2.54. The predicted octanol–water partition coefficient (Wildman–Crippen LogP) is 7.45. The molecule has 10 nitrogen and oxygen atoms in total. The Morgan fingerprint density at radius 1 is 0.897 bits per heavy atom. The summed E-state index contributed by atoms with van der Waals surface area (Å²) in [5, 5.41) is 3.38. The number of rotatable bonds is 4. The van der Waals surface area contributed by atoms with E-state index in [1.54, 1.807) is 11.0 Å². The number of nitrogens with one attached hydrogen (secondary N) is 1. The van der Waals surface area contributed by atoms with Crippen LogP contribution in [0.2, 0.25) is 5.02 Å². The molecule has 2 spiro atoms. The number of aromatic nitrogens is 2. The molecule has 1 N–H and O–H groups in total. The molecule has 6 heterocycles. The van der Waals surface area contributed by atoms with Gasteiger partial charge in [0.1, 0.15) is 17.6 Å². The van der Waals surface area contributed by atoms with Crippen LogP contribution < -0.4 is 15.6 Å². The van der Waals surface area contributed by atoms with Crippen molar-refractivity contribution in [2.75, 3.05) is 26.2 Å². The molecule has 2 aliphatic carbocycles. The predicted molar refractivity (Wildman–Crippen MR) is 221 cm³/mol. The van der Waals surface area contributed by atoms with Crippen LogP contribution in [0.15, 0.2) is 53.3 Å². The van der Waals surface area contributed by atoms with Crippen molar-refractivity contribution in [1.29, 1.82) is 0 Å². The summed E-state index contributed by atoms with van der Waals surface area (Å²) in [4.78, 5) is 60.4. The van der Waals surface area contributed by atoms with Crippen molar-refractivity contribution in [3.63, 3.8) is 0 Å². The summed E-state index contributed by atoms with van der Waals surface area (Å²) in [6.07, 6.45) is 12.8. The van der Waals surface area contributed by atoms with E-state index >= 15 is 0 Å². The molecule has 11 heteroatoms. The van der Waals surface area contributed by atoms with Crippen molar-refractivity contribution in [2.24, 2.45) is 5.41 Å². The average Bonchev–Trinajstić information content (AvgIpc) is 3.84. The van der Waals surface area contributed by atoms with E-state index in [0.29, 0.717) is 41.5 Å². The SMILES string of the molecule is CC1(CN2CCC3(CC2)COc2c3ccc3c2CN([C@H]2CCC(=O)NC2=O)C3=O)CCC(c2ccc3c(c2)-n2c(nc(=O)c4c(Cl)cccc42)C32CCCCC2)CC1. The van der Waals surface area contributed by atoms with Crippen LogP contribution in [0, 0.1) is 5.41 Å². The number of amides is 3. The van der Waals surface area contributed by atoms with Crippen LogP contribution in [0.1, 0.15) is 135 Å². The molecule has 2 saturated heterocycles. The fourth-order valence-corrected chi connectivity index (χ4v) is 12.6. The number of fused-ring (bicyclic) bond motifs is 11. The number of benzene rings is 3. The highest BCUT2D eigenvalue weighted by Gasteiger charge is 2.49. The first-order chi connectivity index (χ1) is 28.1. The Hall–Kier alpha value is -4.54. The Bertz CT molecular complexity index is 2490. The Kier molecular flexibility index (Phi) is 8.34. The maximum absolute atomic E-state index is 13.4. The van der Waals surface area contributed by atoms with Gasteiger partial charge < -0.3 is 14.5 Å². The molecule has 300 valence electrons. The van der Waals surface area contributed by atoms with Crippen LogP contribution in [0.5, 0.6) is 5.75 Å². The molecule has 11 rings (SSSR count). The second kappa shape index (κ2) is 13.2. The first-order valence-electron chi connectivity index (χ1n) is 21.6. The zero-order valence-electron chi connectivity index (χ0n) is 33.2. The number of imide groups is 1. The van der Waals surface area contributed by atoms with Crippen LogP contribution in [0.4, 0.5) is 0 Å². The molecule has 4 aromatic rings. The van der Waals surface area contributed by atoms with Gasteiger partial charge in [-0.25, -0.2) is 0 Å². The van der Waals surface area contributed by atoms with Crippen molar-refractivity contribution in [3.05, 3.63) is 97.5 Å². The van der Waals surface area contributed by atoms with E-state index in [0.717, 1.165) is 93.7 Å². The van der Waals surface area contributed by atoms with Gasteiger partial charge in [-0.1, -0.05) is 62.1 Å². The lowest BCUT2D eigenvalue weighted by atomic mass is 9.68. The Balaban J connectivity index is 0.775. The fraction of sp³-hybridized carbons (Fsp3) is 0.511. The molecular weight excluding hydrogens is 750 g/mol. The molecule has 1 aromatic heterocycles. The van der Waals surface area contributed by atoms with Gasteiger partial charge in [-0.05, 0) is 118 Å². The van der Waals surface area contributed by atoms with Gasteiger partial charge in [0.15, 0.2) is 0 Å². The third-order valence-electron chi connectivity index (χ3n) is 15.6. The van der Waals surface area contributed by atoms with Crippen molar-refractivity contribution >= 4 is 40.2 Å². The molecule has 0 unspecified atom stereocenters. The molecule has 7 aliphatic rings. The van der Waals surface area contributed by atoms with Crippen LogP contribution in [0.3, 0.4) is 0 Å². The number of nitrogens with zero attached hydrogens (tertiary/aromatic N) is 4. The molecule has 0 bridgehead atoms. The number of hydrogen-bond donors (Lipinski definition) is 1. The largest absolute Gasteiger partial charge is 0.492 e. The van der Waals surface area contributed by atoms with Gasteiger partial charge in [0.05, 0.1) is 40.2 Å². The number of likely N-dealkylation sites (tertiary alicyclic amines) is 1. The smallest absolute Gasteiger partial charge is 0.282 e. The van der Waals surface area contributed by atoms with Crippen molar-refractivity contribution < 1.29 is 19.1 Å². The van der Waals surface area contributed by atoms with Gasteiger partial charge in [0.25, 0.3) is 11.5 Å². The zero-order chi connectivity index (χ0) is 39.6. The number of piperidine rings is 2. The second-order valence-electron chi connectivity index (χ2n) is 18.9. The first-order valence-corrected chi connectivity index (χ1v) is 22.0. The third kappa shape index (κ3) is 5.42. The van der Waals surface area contributed by atoms with Crippen molar-refractivity contribution in [1.82, 2.24) is 24.7 Å². The first kappa shape index (κ1) is 36.5. The van der Waals surface area contributed by atoms with Gasteiger partial charge >= 0.3 is 0 Å². The monoisotopic (exact) mass is 799 g/mol. The van der Waals surface area contributed by atoms with E-state index in [2.05, 4.69) is 46.0 Å². The van der Waals surface area contributed by atoms with E-state index < -0.39 is 6.04 Å². The summed E-state index contributed by atoms with van der Waals surface area (Å²) in [5.74, 6) is 1.41. The fourth-order valence-electron chi connectivity index (χ4n) is 12.3. The Morgan fingerprint density at radius 3 is 2.45 bits per heavy atom. The Labute approximate surface area is 343 Å². The summed E-state index contributed by atoms with van der Waals surface area (Å²) in [7, 11) is 0. The van der Waals surface area contributed by atoms with Gasteiger partial charge in [-0.2, -0.15) is 4.98 Å². The second-order valence-corrected chi connectivity index (χ2v) is 19.3. The van der Waals surface area contributed by atoms with Gasteiger partial charge in [-0.3, -0.25) is 29.1 Å². The van der Waals surface area contributed by atoms with E-state index in [1.807, 2.05) is 18.2 Å². The molecule has 1 atom stereocenters. The van der Waals surface area contributed by atoms with Crippen LogP contribution in [0.25, 0.3) is 16.6 Å². The molecule has 4 fully saturated rings. The summed E-state index contributed by atoms with van der Waals surface area (Å²) >= 11 is 6.63. The highest BCUT2D eigenvalue weighted by atomic mass is 35.5. The van der Waals surface area contributed by atoms with E-state index in [4.69, 9.17) is 21.3 Å². The van der Waals surface area contributed by atoms with Gasteiger partial charge in [-0.15, -0.1) is 0 Å². The maximum atomic E-state index is 13.4. The minimum absolute atomic E-state index is 0.0631. The van der Waals surface area contributed by atoms with E-state index in [-0.39, 0.29) is 45.9 Å². The summed E-state index contributed by atoms with van der Waals surface area (Å²) in [5.41, 5.74) is 7.23. The molecule has 5 aliphatic heterocycles. The number of halogens is 1. The maximum Gasteiger partial charge on any atom is 0.282 e. The standard InChI is InChI=1S/C47H50ClN5O5/c1-45(26-51-22-20-46(21-23-51)27-58-40-31-25-52(36-12-13-38(54)49-41(36)55)43(57)30(31)9-11-33(40)46)18-14-28(15-19-45)29-8-10-32-37(24-29)53-35-7-5-6-34(48)39(35)42(56)50-44(53)47(32)16-3-2-4-17-47/h5-11,24,28,36H,2-4,12-23,25-27H2,1H3,(H,49,54,55)/t28?,36-,45?/m0/s1. The Morgan fingerprint density at radius 2 is 1.67 bits per heavy atom. The zero-order valence-corrected chi connectivity index (χ0v) is 34.0. The highest BCUT2D eigenvalue weighted by molar-refractivity contribution is 6.35. The number of ether oxygens (including phenoxy) is 1. The van der Waals surface area contributed by atoms with Crippen LogP contribution in [-0.2, 0) is 27.0 Å². The molecule has 3 amide bonds. The van der Waals surface area contributed by atoms with Crippen molar-refractivity contribution in [3.8, 4) is 11.4 Å². The molecule has 3 aromatic carbocycles. The van der Waals surface area contributed by atoms with Gasteiger partial charge in [0, 0.05) is 35.1 Å². The average molecular weight is 800 g/mol. The number of carbonyl (C=O) groups is 3. The third-order valence-corrected chi connectivity index (χ3v) is 15.9. The quantitative estimate of drug-likeness (QED) is 0.214. The minimum atomic E-state index is -0.630. The summed E-state index contributed by atoms with van der Waals surface area (Å²) < 4.78 is 8.73. The summed E-state index contributed by atoms with van der Waals surface area (Å²) in [6.45, 7) is 6.57. The molecule has 58 heavy (non-hydrogen) atoms. The van der Waals surface area contributed by atoms with Crippen LogP contribution in [-0.4, -0.2) is 69.4 Å². The topological polar surface area (TPSA) is 114 Å². The molecular formula is C47H50ClN5O5. The van der Waals surface area contributed by atoms with Gasteiger partial charge in [0.2, 0.25) is 11.8 Å². The van der Waals surface area contributed by atoms with E-state index in [9.17, 15) is 19.2 Å². The lowest BCUT2D eigenvalue weighted by Gasteiger charge is -2.45. The molecule has 2 saturated carbocycles. The van der Waals surface area contributed by atoms with E-state index in [1.165, 1.54) is 41.6 Å². The minimum Gasteiger partial charge on any atom is -0.492 e. The van der Waals surface area contributed by atoms with Crippen LogP contribution >= 0.6 is 11.6 Å². The summed E-state index contributed by atoms with van der Waals surface area (Å²) in [6, 6.07) is 16.4. The normalized spacial score (nSPS) is 27.1. The number of carbonyl (C=O) groups excluding carboxylic acids is 3. The van der Waals surface area contributed by atoms with Crippen molar-refractivity contribution in [2.45, 2.75) is 120 Å². The molecule has 0 radical (unpaired) electrons. The lowest BCUT2D eigenvalue weighted by molar-refractivity contribution is -0.136.